The Labute approximate surface area is 115 Å². The normalized spacial score (nSPS) is 40.3. The topological polar surface area (TPSA) is 41.6 Å². The predicted octanol–water partition coefficient (Wildman–Crippen LogP) is 1.26. The molecule has 1 N–H and O–H groups in total. The number of piperidine rings is 1. The molecule has 0 unspecified atom stereocenters. The Bertz CT molecular complexity index is 348. The first-order chi connectivity index (χ1) is 9.12. The summed E-state index contributed by atoms with van der Waals surface area (Å²) in [5.74, 6) is 1.75. The summed E-state index contributed by atoms with van der Waals surface area (Å²) in [6, 6.07) is 0.611. The van der Waals surface area contributed by atoms with Crippen LogP contribution in [0.5, 0.6) is 0 Å². The number of hydrogen-bond acceptors (Lipinski definition) is 4. The summed E-state index contributed by atoms with van der Waals surface area (Å²) in [4.78, 5) is 14.4. The molecule has 2 saturated heterocycles. The third kappa shape index (κ3) is 2.40. The van der Waals surface area contributed by atoms with Gasteiger partial charge in [-0.2, -0.15) is 0 Å². The maximum Gasteiger partial charge on any atom is 0.311 e. The quantitative estimate of drug-likeness (QED) is 0.781. The molecule has 0 radical (unpaired) electrons. The molecule has 19 heavy (non-hydrogen) atoms. The van der Waals surface area contributed by atoms with Crippen LogP contribution in [-0.4, -0.2) is 50.2 Å². The number of hydrogen-bond donors (Lipinski definition) is 1. The summed E-state index contributed by atoms with van der Waals surface area (Å²) in [7, 11) is 1.50. The van der Waals surface area contributed by atoms with Crippen LogP contribution < -0.4 is 5.32 Å². The van der Waals surface area contributed by atoms with Gasteiger partial charge in [0.2, 0.25) is 0 Å². The van der Waals surface area contributed by atoms with Crippen LogP contribution in [0.15, 0.2) is 0 Å². The molecular weight excluding hydrogens is 240 g/mol. The number of esters is 1. The van der Waals surface area contributed by atoms with Crippen LogP contribution in [0.2, 0.25) is 0 Å². The predicted molar refractivity (Wildman–Crippen MR) is 73.8 cm³/mol. The van der Waals surface area contributed by atoms with Crippen molar-refractivity contribution in [3.63, 3.8) is 0 Å². The Hall–Kier alpha value is -0.610. The van der Waals surface area contributed by atoms with Crippen molar-refractivity contribution in [1.29, 1.82) is 0 Å². The van der Waals surface area contributed by atoms with E-state index < -0.39 is 0 Å². The van der Waals surface area contributed by atoms with Crippen LogP contribution in [0, 0.1) is 17.3 Å². The number of methoxy groups -OCH3 is 1. The van der Waals surface area contributed by atoms with Crippen LogP contribution in [-0.2, 0) is 9.53 Å². The first-order valence-corrected chi connectivity index (χ1v) is 7.65. The lowest BCUT2D eigenvalue weighted by molar-refractivity contribution is -0.162. The molecule has 0 amide bonds. The van der Waals surface area contributed by atoms with E-state index in [0.29, 0.717) is 6.04 Å². The molecule has 2 heterocycles. The molecule has 0 aromatic carbocycles. The van der Waals surface area contributed by atoms with Gasteiger partial charge in [-0.1, -0.05) is 0 Å². The van der Waals surface area contributed by atoms with Crippen molar-refractivity contribution >= 4 is 5.97 Å². The molecular formula is C15H26N2O2. The summed E-state index contributed by atoms with van der Waals surface area (Å²) >= 11 is 0. The lowest BCUT2D eigenvalue weighted by Gasteiger charge is -2.51. The van der Waals surface area contributed by atoms with Gasteiger partial charge >= 0.3 is 5.97 Å². The second-order valence-electron chi connectivity index (χ2n) is 6.93. The lowest BCUT2D eigenvalue weighted by Crippen LogP contribution is -2.58. The van der Waals surface area contributed by atoms with E-state index in [1.165, 1.54) is 46.1 Å². The van der Waals surface area contributed by atoms with E-state index >= 15 is 0 Å². The smallest absolute Gasteiger partial charge is 0.311 e. The third-order valence-corrected chi connectivity index (χ3v) is 5.54. The average molecular weight is 266 g/mol. The van der Waals surface area contributed by atoms with E-state index in [0.717, 1.165) is 24.7 Å². The Morgan fingerprint density at radius 2 is 2.05 bits per heavy atom. The minimum absolute atomic E-state index is 0.0273. The third-order valence-electron chi connectivity index (χ3n) is 5.54. The van der Waals surface area contributed by atoms with E-state index in [-0.39, 0.29) is 11.4 Å². The van der Waals surface area contributed by atoms with Gasteiger partial charge in [0.1, 0.15) is 0 Å². The zero-order valence-electron chi connectivity index (χ0n) is 12.2. The highest BCUT2D eigenvalue weighted by Gasteiger charge is 2.50. The van der Waals surface area contributed by atoms with Crippen molar-refractivity contribution in [3.05, 3.63) is 0 Å². The van der Waals surface area contributed by atoms with Crippen molar-refractivity contribution < 1.29 is 9.53 Å². The number of nitrogens with one attached hydrogen (secondary N) is 1. The van der Waals surface area contributed by atoms with Crippen LogP contribution in [0.3, 0.4) is 0 Å². The van der Waals surface area contributed by atoms with Crippen LogP contribution in [0.25, 0.3) is 0 Å². The zero-order chi connectivity index (χ0) is 13.5. The van der Waals surface area contributed by atoms with Gasteiger partial charge in [-0.05, 0) is 64.1 Å². The van der Waals surface area contributed by atoms with E-state index in [1.807, 2.05) is 6.92 Å². The second kappa shape index (κ2) is 5.06. The summed E-state index contributed by atoms with van der Waals surface area (Å²) < 4.78 is 4.91. The molecule has 0 spiro atoms. The van der Waals surface area contributed by atoms with Gasteiger partial charge in [-0.3, -0.25) is 4.79 Å². The van der Waals surface area contributed by atoms with Crippen molar-refractivity contribution in [3.8, 4) is 0 Å². The standard InChI is InChI=1S/C15H26N2O2/c1-15(14(18)19-2)6-13(7-15)17-5-3-4-11(10-17)12-8-16-9-12/h11-13,16H,3-10H2,1-2H3/t11-,13?,15?/m0/s1. The van der Waals surface area contributed by atoms with E-state index in [1.54, 1.807) is 0 Å². The van der Waals surface area contributed by atoms with Crippen molar-refractivity contribution in [2.45, 2.75) is 38.6 Å². The van der Waals surface area contributed by atoms with Gasteiger partial charge in [0.25, 0.3) is 0 Å². The molecule has 4 heteroatoms. The number of carbonyl (C=O) groups is 1. The molecule has 108 valence electrons. The fourth-order valence-electron chi connectivity index (χ4n) is 4.05. The summed E-state index contributed by atoms with van der Waals surface area (Å²) in [6.45, 7) is 6.94. The first-order valence-electron chi connectivity index (χ1n) is 7.65. The number of likely N-dealkylation sites (tertiary alicyclic amines) is 1. The lowest BCUT2D eigenvalue weighted by atomic mass is 9.65. The number of carbonyl (C=O) groups excluding carboxylic acids is 1. The SMILES string of the molecule is COC(=O)C1(C)CC(N2CCC[C@H](C3CNC3)C2)C1. The Balaban J connectivity index is 1.52. The summed E-state index contributed by atoms with van der Waals surface area (Å²) in [6.07, 6.45) is 4.68. The fourth-order valence-corrected chi connectivity index (χ4v) is 4.05. The van der Waals surface area contributed by atoms with Crippen LogP contribution in [0.1, 0.15) is 32.6 Å². The molecule has 0 bridgehead atoms. The Morgan fingerprint density at radius 1 is 1.32 bits per heavy atom. The Morgan fingerprint density at radius 3 is 2.63 bits per heavy atom. The number of rotatable bonds is 3. The van der Waals surface area contributed by atoms with Gasteiger partial charge in [-0.25, -0.2) is 0 Å². The highest BCUT2D eigenvalue weighted by Crippen LogP contribution is 2.45. The highest BCUT2D eigenvalue weighted by molar-refractivity contribution is 5.77. The molecule has 4 nitrogen and oxygen atoms in total. The van der Waals surface area contributed by atoms with E-state index in [4.69, 9.17) is 4.74 Å². The maximum atomic E-state index is 11.7. The molecule has 1 atom stereocenters. The Kier molecular flexibility index (Phi) is 3.56. The average Bonchev–Trinajstić information content (AvgIpc) is 2.32. The van der Waals surface area contributed by atoms with Gasteiger partial charge in [0.15, 0.2) is 0 Å². The molecule has 3 aliphatic rings. The number of nitrogens with zero attached hydrogens (tertiary/aromatic N) is 1. The van der Waals surface area contributed by atoms with Gasteiger partial charge in [0, 0.05) is 12.6 Å². The summed E-state index contributed by atoms with van der Waals surface area (Å²) in [5, 5.41) is 3.39. The van der Waals surface area contributed by atoms with Gasteiger partial charge < -0.3 is 15.0 Å². The first kappa shape index (κ1) is 13.4. The molecule has 3 rings (SSSR count). The largest absolute Gasteiger partial charge is 0.469 e. The summed E-state index contributed by atoms with van der Waals surface area (Å²) in [5.41, 5.74) is -0.218. The van der Waals surface area contributed by atoms with Crippen molar-refractivity contribution in [2.75, 3.05) is 33.3 Å². The molecule has 2 aliphatic heterocycles. The van der Waals surface area contributed by atoms with Crippen LogP contribution in [0.4, 0.5) is 0 Å². The molecule has 3 fully saturated rings. The molecule has 1 aliphatic carbocycles. The highest BCUT2D eigenvalue weighted by atomic mass is 16.5. The second-order valence-corrected chi connectivity index (χ2v) is 6.93. The molecule has 0 aromatic heterocycles. The minimum atomic E-state index is -0.218. The van der Waals surface area contributed by atoms with Crippen molar-refractivity contribution in [2.24, 2.45) is 17.3 Å². The van der Waals surface area contributed by atoms with Gasteiger partial charge in [0.05, 0.1) is 12.5 Å². The van der Waals surface area contributed by atoms with Gasteiger partial charge in [-0.15, -0.1) is 0 Å². The van der Waals surface area contributed by atoms with E-state index in [9.17, 15) is 4.79 Å². The van der Waals surface area contributed by atoms with Crippen molar-refractivity contribution in [1.82, 2.24) is 10.2 Å². The zero-order valence-corrected chi connectivity index (χ0v) is 12.2. The monoisotopic (exact) mass is 266 g/mol. The molecule has 0 aromatic rings. The van der Waals surface area contributed by atoms with E-state index in [2.05, 4.69) is 10.2 Å². The number of ether oxygens (including phenoxy) is 1. The minimum Gasteiger partial charge on any atom is -0.469 e. The maximum absolute atomic E-state index is 11.7. The fraction of sp³-hybridized carbons (Fsp3) is 0.933. The van der Waals surface area contributed by atoms with Crippen LogP contribution >= 0.6 is 0 Å². The molecule has 1 saturated carbocycles.